The average Bonchev–Trinajstić information content (AvgIpc) is 2.89. The lowest BCUT2D eigenvalue weighted by atomic mass is 10.1. The molecule has 43 heavy (non-hydrogen) atoms. The molecule has 1 saturated heterocycles. The molecule has 0 radical (unpaired) electrons. The van der Waals surface area contributed by atoms with Crippen LogP contribution in [-0.2, 0) is 4.74 Å². The lowest BCUT2D eigenvalue weighted by Gasteiger charge is -2.45. The van der Waals surface area contributed by atoms with Crippen LogP contribution in [-0.4, -0.2) is 74.7 Å². The number of hydrogen-bond donors (Lipinski definition) is 3. The van der Waals surface area contributed by atoms with Crippen LogP contribution in [0.5, 0.6) is 0 Å². The van der Waals surface area contributed by atoms with Crippen molar-refractivity contribution in [1.82, 2.24) is 19.9 Å². The zero-order valence-corrected chi connectivity index (χ0v) is 26.1. The molecule has 2 unspecified atom stereocenters. The Bertz CT molecular complexity index is 1490. The molecule has 0 saturated carbocycles. The van der Waals surface area contributed by atoms with Crippen molar-refractivity contribution in [3.8, 4) is 11.3 Å². The van der Waals surface area contributed by atoms with Gasteiger partial charge in [-0.25, -0.2) is 19.7 Å². The summed E-state index contributed by atoms with van der Waals surface area (Å²) in [5.41, 5.74) is 6.89. The molecule has 3 aromatic rings. The first kappa shape index (κ1) is 31.8. The van der Waals surface area contributed by atoms with Gasteiger partial charge >= 0.3 is 11.8 Å². The first-order valence-electron chi connectivity index (χ1n) is 13.7. The summed E-state index contributed by atoms with van der Waals surface area (Å²) >= 11 is 12.8. The van der Waals surface area contributed by atoms with E-state index >= 15 is 0 Å². The number of nitrogens with one attached hydrogen (secondary N) is 2. The number of nitrogens with zero attached hydrogens (tertiary/aromatic N) is 6. The van der Waals surface area contributed by atoms with Gasteiger partial charge < -0.3 is 26.0 Å². The number of benzene rings is 1. The predicted octanol–water partition coefficient (Wildman–Crippen LogP) is 5.69. The highest BCUT2D eigenvalue weighted by Crippen LogP contribution is 2.37. The van der Waals surface area contributed by atoms with Gasteiger partial charge in [0.25, 0.3) is 0 Å². The number of piperazine rings is 1. The van der Waals surface area contributed by atoms with E-state index in [2.05, 4.69) is 25.5 Å². The molecular formula is C28H35Cl2N9O4. The lowest BCUT2D eigenvalue weighted by Crippen LogP contribution is -2.59. The maximum absolute atomic E-state index is 12.9. The first-order chi connectivity index (χ1) is 20.2. The van der Waals surface area contributed by atoms with Crippen molar-refractivity contribution in [2.45, 2.75) is 52.3 Å². The van der Waals surface area contributed by atoms with Crippen molar-refractivity contribution in [1.29, 1.82) is 0 Å². The molecule has 4 rings (SSSR count). The average molecular weight is 633 g/mol. The van der Waals surface area contributed by atoms with Crippen LogP contribution >= 0.6 is 23.2 Å². The number of amides is 1. The van der Waals surface area contributed by atoms with Crippen LogP contribution in [0.15, 0.2) is 36.5 Å². The summed E-state index contributed by atoms with van der Waals surface area (Å²) in [6.07, 6.45) is 1.40. The fraction of sp³-hybridized carbons (Fsp3) is 0.429. The van der Waals surface area contributed by atoms with E-state index in [4.69, 9.17) is 38.7 Å². The van der Waals surface area contributed by atoms with Crippen molar-refractivity contribution < 1.29 is 14.5 Å². The Kier molecular flexibility index (Phi) is 9.65. The number of halogens is 2. The van der Waals surface area contributed by atoms with E-state index in [1.165, 1.54) is 12.1 Å². The number of pyridine rings is 1. The van der Waals surface area contributed by atoms with Gasteiger partial charge in [0, 0.05) is 42.8 Å². The van der Waals surface area contributed by atoms with Crippen molar-refractivity contribution in [3.63, 3.8) is 0 Å². The van der Waals surface area contributed by atoms with E-state index in [0.717, 1.165) is 5.69 Å². The van der Waals surface area contributed by atoms with Crippen molar-refractivity contribution >= 4 is 58.3 Å². The Hall–Kier alpha value is -4.10. The summed E-state index contributed by atoms with van der Waals surface area (Å²) in [4.78, 5) is 40.6. The van der Waals surface area contributed by atoms with Gasteiger partial charge in [-0.3, -0.25) is 15.0 Å². The van der Waals surface area contributed by atoms with E-state index in [-0.39, 0.29) is 29.7 Å². The van der Waals surface area contributed by atoms with Crippen LogP contribution in [0.4, 0.5) is 33.8 Å². The minimum Gasteiger partial charge on any atom is -0.444 e. The molecule has 1 amide bonds. The minimum absolute atomic E-state index is 0.141. The quantitative estimate of drug-likeness (QED) is 0.159. The maximum atomic E-state index is 12.9. The summed E-state index contributed by atoms with van der Waals surface area (Å²) in [7, 11) is 0. The smallest absolute Gasteiger partial charge is 0.410 e. The highest BCUT2D eigenvalue weighted by molar-refractivity contribution is 6.36. The fourth-order valence-electron chi connectivity index (χ4n) is 4.85. The summed E-state index contributed by atoms with van der Waals surface area (Å²) < 4.78 is 5.65. The summed E-state index contributed by atoms with van der Waals surface area (Å²) in [5.74, 6) is 0.613. The molecule has 2 aromatic heterocycles. The molecule has 1 aliphatic rings. The number of rotatable bonds is 8. The predicted molar refractivity (Wildman–Crippen MR) is 169 cm³/mol. The van der Waals surface area contributed by atoms with Crippen LogP contribution < -0.4 is 21.3 Å². The SMILES string of the molecule is CC1CN(c2cnc(NCCNc3ccc([N+](=O)[O-])c(N)n3)nc2-c2ccc(Cl)cc2Cl)CC(C)N1C(=O)OC(C)(C)C. The third-order valence-electron chi connectivity index (χ3n) is 6.63. The number of carbonyl (C=O) groups excluding carboxylic acids is 1. The van der Waals surface area contributed by atoms with E-state index in [9.17, 15) is 14.9 Å². The molecular weight excluding hydrogens is 597 g/mol. The van der Waals surface area contributed by atoms with Gasteiger partial charge in [0.2, 0.25) is 11.8 Å². The highest BCUT2D eigenvalue weighted by atomic mass is 35.5. The molecule has 0 aliphatic carbocycles. The second-order valence-corrected chi connectivity index (χ2v) is 12.1. The van der Waals surface area contributed by atoms with Crippen LogP contribution in [0, 0.1) is 10.1 Å². The summed E-state index contributed by atoms with van der Waals surface area (Å²) in [6.45, 7) is 11.4. The van der Waals surface area contributed by atoms with Crippen LogP contribution in [0.3, 0.4) is 0 Å². The molecule has 0 bridgehead atoms. The van der Waals surface area contributed by atoms with Gasteiger partial charge in [0.1, 0.15) is 17.1 Å². The molecule has 1 fully saturated rings. The van der Waals surface area contributed by atoms with Crippen LogP contribution in [0.2, 0.25) is 10.0 Å². The van der Waals surface area contributed by atoms with E-state index in [1.54, 1.807) is 23.2 Å². The van der Waals surface area contributed by atoms with Crippen molar-refractivity contribution in [2.24, 2.45) is 0 Å². The van der Waals surface area contributed by atoms with Gasteiger partial charge in [-0.2, -0.15) is 0 Å². The standard InChI is InChI=1S/C28H35Cl2N9O4/c1-16-14-37(15-17(2)38(16)27(40)43-28(3,4)5)22-13-34-26(36-24(22)19-7-6-18(29)12-20(19)30)33-11-10-32-23-9-8-21(39(41)42)25(31)35-23/h6-9,12-13,16-17H,10-11,14-15H2,1-5H3,(H3,31,32,35)(H,33,34,36). The zero-order valence-electron chi connectivity index (χ0n) is 24.6. The Morgan fingerprint density at radius 1 is 1.12 bits per heavy atom. The Morgan fingerprint density at radius 2 is 1.79 bits per heavy atom. The Morgan fingerprint density at radius 3 is 2.40 bits per heavy atom. The number of nitrogens with two attached hydrogens (primary N) is 1. The summed E-state index contributed by atoms with van der Waals surface area (Å²) in [6, 6.07) is 7.74. The van der Waals surface area contributed by atoms with Gasteiger partial charge in [0.15, 0.2) is 0 Å². The molecule has 0 spiro atoms. The fourth-order valence-corrected chi connectivity index (χ4v) is 5.35. The van der Waals surface area contributed by atoms with Gasteiger partial charge in [-0.1, -0.05) is 23.2 Å². The zero-order chi connectivity index (χ0) is 31.5. The topological polar surface area (TPSA) is 165 Å². The largest absolute Gasteiger partial charge is 0.444 e. The molecule has 230 valence electrons. The highest BCUT2D eigenvalue weighted by Gasteiger charge is 2.36. The number of nitrogen functional groups attached to an aromatic ring is 1. The number of carbonyl (C=O) groups is 1. The third kappa shape index (κ3) is 7.85. The monoisotopic (exact) mass is 631 g/mol. The lowest BCUT2D eigenvalue weighted by molar-refractivity contribution is -0.384. The molecule has 4 N–H and O–H groups in total. The Balaban J connectivity index is 1.53. The number of nitro groups is 1. The Labute approximate surface area is 259 Å². The van der Waals surface area contributed by atoms with Gasteiger partial charge in [0.05, 0.1) is 33.9 Å². The first-order valence-corrected chi connectivity index (χ1v) is 14.5. The number of ether oxygens (including phenoxy) is 1. The molecule has 15 heteroatoms. The summed E-state index contributed by atoms with van der Waals surface area (Å²) in [5, 5.41) is 18.2. The molecule has 13 nitrogen and oxygen atoms in total. The minimum atomic E-state index is -0.593. The number of hydrogen-bond acceptors (Lipinski definition) is 11. The molecule has 1 aliphatic heterocycles. The van der Waals surface area contributed by atoms with Crippen molar-refractivity contribution in [2.75, 3.05) is 47.4 Å². The second-order valence-electron chi connectivity index (χ2n) is 11.3. The maximum Gasteiger partial charge on any atom is 0.410 e. The van der Waals surface area contributed by atoms with E-state index in [1.807, 2.05) is 40.7 Å². The number of anilines is 4. The molecule has 3 heterocycles. The second kappa shape index (κ2) is 13.0. The van der Waals surface area contributed by atoms with Gasteiger partial charge in [-0.15, -0.1) is 0 Å². The van der Waals surface area contributed by atoms with Gasteiger partial charge in [-0.05, 0) is 58.9 Å². The number of aromatic nitrogens is 3. The van der Waals surface area contributed by atoms with E-state index in [0.29, 0.717) is 59.2 Å². The van der Waals surface area contributed by atoms with Crippen molar-refractivity contribution in [3.05, 3.63) is 56.7 Å². The van der Waals surface area contributed by atoms with E-state index < -0.39 is 10.5 Å². The molecule has 2 atom stereocenters. The normalized spacial score (nSPS) is 17.0. The van der Waals surface area contributed by atoms with Crippen LogP contribution in [0.25, 0.3) is 11.3 Å². The third-order valence-corrected chi connectivity index (χ3v) is 7.18. The van der Waals surface area contributed by atoms with Crippen LogP contribution in [0.1, 0.15) is 34.6 Å². The molecule has 1 aromatic carbocycles.